The van der Waals surface area contributed by atoms with E-state index in [1.807, 2.05) is 24.3 Å². The number of ether oxygens (including phenoxy) is 3. The van der Waals surface area contributed by atoms with E-state index in [0.29, 0.717) is 18.7 Å². The third-order valence-electron chi connectivity index (χ3n) is 6.43. The molecule has 1 atom stereocenters. The van der Waals surface area contributed by atoms with Crippen LogP contribution in [0, 0.1) is 0 Å². The maximum Gasteiger partial charge on any atom is 0.357 e. The first-order chi connectivity index (χ1) is 16.6. The van der Waals surface area contributed by atoms with Crippen molar-refractivity contribution in [2.75, 3.05) is 20.3 Å². The highest BCUT2D eigenvalue weighted by molar-refractivity contribution is 7.09. The Hall–Kier alpha value is -1.90. The zero-order valence-electron chi connectivity index (χ0n) is 22.5. The number of thiazole rings is 1. The van der Waals surface area contributed by atoms with Gasteiger partial charge in [0.25, 0.3) is 0 Å². The summed E-state index contributed by atoms with van der Waals surface area (Å²) in [5.74, 6) is 1.18. The van der Waals surface area contributed by atoms with Gasteiger partial charge in [0.2, 0.25) is 0 Å². The number of benzene rings is 1. The fraction of sp³-hybridized carbons (Fsp3) is 0.630. The van der Waals surface area contributed by atoms with E-state index in [4.69, 9.17) is 18.6 Å². The second-order valence-corrected chi connectivity index (χ2v) is 16.1. The lowest BCUT2D eigenvalue weighted by molar-refractivity contribution is 0.0594. The lowest BCUT2D eigenvalue weighted by Gasteiger charge is -2.37. The molecule has 6 nitrogen and oxygen atoms in total. The molecule has 35 heavy (non-hydrogen) atoms. The van der Waals surface area contributed by atoms with Crippen LogP contribution in [0.1, 0.15) is 75.3 Å². The number of hydrogen-bond donors (Lipinski definition) is 0. The maximum atomic E-state index is 11.8. The van der Waals surface area contributed by atoms with E-state index >= 15 is 0 Å². The number of carbonyl (C=O) groups is 1. The Balaban J connectivity index is 2.01. The van der Waals surface area contributed by atoms with Crippen LogP contribution in [0.2, 0.25) is 18.1 Å². The molecule has 196 valence electrons. The minimum Gasteiger partial charge on any atom is -0.494 e. The Morgan fingerprint density at radius 1 is 1.06 bits per heavy atom. The Morgan fingerprint density at radius 2 is 1.71 bits per heavy atom. The number of methoxy groups -OCH3 is 1. The first kappa shape index (κ1) is 29.3. The molecule has 1 heterocycles. The Bertz CT molecular complexity index is 892. The van der Waals surface area contributed by atoms with Gasteiger partial charge in [-0.15, -0.1) is 11.3 Å². The molecule has 2 aromatic rings. The molecule has 0 saturated heterocycles. The van der Waals surface area contributed by atoms with Crippen LogP contribution < -0.4 is 9.47 Å². The zero-order chi connectivity index (χ0) is 25.9. The van der Waals surface area contributed by atoms with E-state index in [0.717, 1.165) is 29.5 Å². The summed E-state index contributed by atoms with van der Waals surface area (Å²) in [5.41, 5.74) is 0.327. The van der Waals surface area contributed by atoms with Gasteiger partial charge in [-0.05, 0) is 48.8 Å². The molecule has 1 aromatic heterocycles. The van der Waals surface area contributed by atoms with Crippen molar-refractivity contribution in [2.45, 2.75) is 90.5 Å². The maximum absolute atomic E-state index is 11.8. The van der Waals surface area contributed by atoms with Gasteiger partial charge < -0.3 is 18.6 Å². The predicted octanol–water partition coefficient (Wildman–Crippen LogP) is 7.29. The van der Waals surface area contributed by atoms with Crippen LogP contribution in [0.3, 0.4) is 0 Å². The summed E-state index contributed by atoms with van der Waals surface area (Å²) in [4.78, 5) is 16.2. The lowest BCUT2D eigenvalue weighted by atomic mass is 10.2. The molecule has 0 N–H and O–H groups in total. The fourth-order valence-electron chi connectivity index (χ4n) is 3.15. The van der Waals surface area contributed by atoms with Gasteiger partial charge in [-0.25, -0.2) is 9.78 Å². The van der Waals surface area contributed by atoms with E-state index in [-0.39, 0.29) is 11.1 Å². The molecule has 1 aromatic carbocycles. The third-order valence-corrected chi connectivity index (χ3v) is 11.8. The van der Waals surface area contributed by atoms with Crippen LogP contribution >= 0.6 is 11.3 Å². The molecular formula is C27H43NO5SSi. The zero-order valence-corrected chi connectivity index (χ0v) is 24.3. The number of rotatable bonds is 15. The Morgan fingerprint density at radius 3 is 2.34 bits per heavy atom. The van der Waals surface area contributed by atoms with Gasteiger partial charge >= 0.3 is 5.97 Å². The Kier molecular flexibility index (Phi) is 11.7. The van der Waals surface area contributed by atoms with E-state index in [2.05, 4.69) is 45.8 Å². The average Bonchev–Trinajstić information content (AvgIpc) is 3.28. The molecule has 0 radical (unpaired) electrons. The molecular weight excluding hydrogens is 478 g/mol. The van der Waals surface area contributed by atoms with Crippen LogP contribution in [0.4, 0.5) is 0 Å². The summed E-state index contributed by atoms with van der Waals surface area (Å²) < 4.78 is 23.5. The minimum atomic E-state index is -1.95. The molecule has 0 aliphatic heterocycles. The van der Waals surface area contributed by atoms with Crippen LogP contribution in [-0.4, -0.2) is 45.7 Å². The average molecular weight is 522 g/mol. The summed E-state index contributed by atoms with van der Waals surface area (Å²) in [6.07, 6.45) is 6.41. The van der Waals surface area contributed by atoms with Gasteiger partial charge in [0, 0.05) is 11.8 Å². The van der Waals surface area contributed by atoms with E-state index < -0.39 is 14.3 Å². The molecule has 0 saturated carbocycles. The van der Waals surface area contributed by atoms with Gasteiger partial charge in [-0.1, -0.05) is 53.4 Å². The number of carbonyl (C=O) groups excluding carboxylic acids is 1. The van der Waals surface area contributed by atoms with Gasteiger partial charge in [0.05, 0.1) is 25.3 Å². The van der Waals surface area contributed by atoms with Crippen molar-refractivity contribution in [2.24, 2.45) is 0 Å². The van der Waals surface area contributed by atoms with Crippen LogP contribution in [0.15, 0.2) is 29.6 Å². The number of hydrogen-bond acceptors (Lipinski definition) is 7. The molecule has 0 amide bonds. The van der Waals surface area contributed by atoms with E-state index in [9.17, 15) is 4.79 Å². The molecule has 0 aliphatic rings. The summed E-state index contributed by atoms with van der Waals surface area (Å²) in [7, 11) is -0.587. The SMILES string of the molecule is CCCCCCCOc1ccc(OC(CO[Si](C)(C)C(C)(C)C)Cc2nc(C(=O)OC)cs2)cc1. The second-order valence-electron chi connectivity index (χ2n) is 10.4. The highest BCUT2D eigenvalue weighted by Gasteiger charge is 2.38. The van der Waals surface area contributed by atoms with Crippen LogP contribution in [-0.2, 0) is 15.6 Å². The number of esters is 1. The molecule has 0 aliphatic carbocycles. The van der Waals surface area contributed by atoms with E-state index in [1.54, 1.807) is 5.38 Å². The Labute approximate surface area is 216 Å². The monoisotopic (exact) mass is 521 g/mol. The van der Waals surface area contributed by atoms with Gasteiger partial charge in [-0.3, -0.25) is 0 Å². The molecule has 0 spiro atoms. The third kappa shape index (κ3) is 9.93. The first-order valence-electron chi connectivity index (χ1n) is 12.6. The van der Waals surface area contributed by atoms with E-state index in [1.165, 1.54) is 44.1 Å². The van der Waals surface area contributed by atoms with Crippen molar-refractivity contribution in [3.63, 3.8) is 0 Å². The quantitative estimate of drug-likeness (QED) is 0.139. The minimum absolute atomic E-state index is 0.103. The van der Waals surface area contributed by atoms with Crippen LogP contribution in [0.5, 0.6) is 11.5 Å². The van der Waals surface area contributed by atoms with Crippen molar-refractivity contribution in [1.29, 1.82) is 0 Å². The lowest BCUT2D eigenvalue weighted by Crippen LogP contribution is -2.43. The van der Waals surface area contributed by atoms with Gasteiger partial charge in [-0.2, -0.15) is 0 Å². The number of nitrogens with zero attached hydrogens (tertiary/aromatic N) is 1. The summed E-state index contributed by atoms with van der Waals surface area (Å²) in [6, 6.07) is 7.78. The standard InChI is InChI=1S/C27H43NO5SSi/c1-8-9-10-11-12-17-31-21-13-15-22(16-14-21)33-23(19-32-35(6,7)27(2,3)4)18-25-28-24(20-34-25)26(29)30-5/h13-16,20,23H,8-12,17-19H2,1-7H3. The molecule has 2 rings (SSSR count). The van der Waals surface area contributed by atoms with Crippen LogP contribution in [0.25, 0.3) is 0 Å². The summed E-state index contributed by atoms with van der Waals surface area (Å²) >= 11 is 1.43. The van der Waals surface area contributed by atoms with Gasteiger partial charge in [0.1, 0.15) is 17.6 Å². The predicted molar refractivity (Wildman–Crippen MR) is 145 cm³/mol. The van der Waals surface area contributed by atoms with Crippen molar-refractivity contribution >= 4 is 25.6 Å². The normalized spacial score (nSPS) is 12.9. The highest BCUT2D eigenvalue weighted by Crippen LogP contribution is 2.36. The molecule has 1 unspecified atom stereocenters. The van der Waals surface area contributed by atoms with Gasteiger partial charge in [0.15, 0.2) is 14.0 Å². The number of aromatic nitrogens is 1. The molecule has 8 heteroatoms. The smallest absolute Gasteiger partial charge is 0.357 e. The van der Waals surface area contributed by atoms with Crippen molar-refractivity contribution in [1.82, 2.24) is 4.98 Å². The topological polar surface area (TPSA) is 66.9 Å². The molecule has 0 fully saturated rings. The highest BCUT2D eigenvalue weighted by atomic mass is 32.1. The van der Waals surface area contributed by atoms with Crippen molar-refractivity contribution < 1.29 is 23.4 Å². The number of unbranched alkanes of at least 4 members (excludes halogenated alkanes) is 4. The largest absolute Gasteiger partial charge is 0.494 e. The summed E-state index contributed by atoms with van der Waals surface area (Å²) in [5, 5.41) is 2.64. The van der Waals surface area contributed by atoms with Crippen molar-refractivity contribution in [3.8, 4) is 11.5 Å². The second kappa shape index (κ2) is 14.0. The first-order valence-corrected chi connectivity index (χ1v) is 16.4. The summed E-state index contributed by atoms with van der Waals surface area (Å²) in [6.45, 7) is 14.6. The molecule has 0 bridgehead atoms. The fourth-order valence-corrected chi connectivity index (χ4v) is 5.02. The van der Waals surface area contributed by atoms with Crippen molar-refractivity contribution in [3.05, 3.63) is 40.3 Å².